The van der Waals surface area contributed by atoms with Crippen molar-refractivity contribution in [1.29, 1.82) is 0 Å². The first kappa shape index (κ1) is 22.1. The molecule has 3 fully saturated rings. The van der Waals surface area contributed by atoms with Crippen LogP contribution in [0.25, 0.3) is 5.65 Å². The largest absolute Gasteiger partial charge is 0.381 e. The Balaban J connectivity index is 1.28. The second kappa shape index (κ2) is 8.65. The van der Waals surface area contributed by atoms with Gasteiger partial charge in [-0.05, 0) is 31.4 Å². The van der Waals surface area contributed by atoms with E-state index in [2.05, 4.69) is 26.0 Å². The Bertz CT molecular complexity index is 1330. The van der Waals surface area contributed by atoms with Crippen LogP contribution in [0.4, 0.5) is 17.3 Å². The maximum absolute atomic E-state index is 13.2. The summed E-state index contributed by atoms with van der Waals surface area (Å²) in [6.07, 6.45) is 6.12. The van der Waals surface area contributed by atoms with Crippen LogP contribution in [0.5, 0.6) is 0 Å². The van der Waals surface area contributed by atoms with Gasteiger partial charge in [0.25, 0.3) is 11.5 Å². The zero-order chi connectivity index (χ0) is 24.1. The fourth-order valence-corrected chi connectivity index (χ4v) is 5.51. The molecule has 184 valence electrons. The predicted molar refractivity (Wildman–Crippen MR) is 129 cm³/mol. The van der Waals surface area contributed by atoms with Crippen LogP contribution in [-0.4, -0.2) is 64.6 Å². The molecule has 1 unspecified atom stereocenters. The number of fused-ring (bicyclic) bond motifs is 2. The molecule has 3 aromatic rings. The molecule has 5 atom stereocenters. The Kier molecular flexibility index (Phi) is 5.45. The third-order valence-corrected chi connectivity index (χ3v) is 7.49. The van der Waals surface area contributed by atoms with E-state index < -0.39 is 0 Å². The monoisotopic (exact) mass is 479 g/mol. The molecule has 0 aromatic carbocycles. The summed E-state index contributed by atoms with van der Waals surface area (Å²) in [5, 5.41) is 13.7. The molecule has 3 aliphatic rings. The number of amides is 1. The highest BCUT2D eigenvalue weighted by atomic mass is 16.5. The number of ether oxygens (including phenoxy) is 2. The molecular weight excluding hydrogens is 450 g/mol. The lowest BCUT2D eigenvalue weighted by molar-refractivity contribution is 0.0916. The van der Waals surface area contributed by atoms with E-state index in [0.717, 1.165) is 19.3 Å². The SMILES string of the molecule is CNc1cc(Nc2cccn(C3[C@H]4COC[C@@H]34)c2=O)nc2c(C(=O)N[C@H]3CC[C@H](OC)C3)cnn12. The number of pyridine rings is 1. The third-order valence-electron chi connectivity index (χ3n) is 7.49. The number of carbonyl (C=O) groups excluding carboxylic acids is 1. The number of carbonyl (C=O) groups is 1. The second-order valence-corrected chi connectivity index (χ2v) is 9.53. The fourth-order valence-electron chi connectivity index (χ4n) is 5.51. The molecule has 35 heavy (non-hydrogen) atoms. The van der Waals surface area contributed by atoms with Gasteiger partial charge in [-0.1, -0.05) is 0 Å². The van der Waals surface area contributed by atoms with Crippen molar-refractivity contribution < 1.29 is 14.3 Å². The number of methoxy groups -OCH3 is 1. The van der Waals surface area contributed by atoms with Gasteiger partial charge in [0.1, 0.15) is 22.9 Å². The number of nitrogens with zero attached hydrogens (tertiary/aromatic N) is 4. The molecule has 2 saturated carbocycles. The highest BCUT2D eigenvalue weighted by Crippen LogP contribution is 2.53. The average molecular weight is 480 g/mol. The third kappa shape index (κ3) is 3.84. The fraction of sp³-hybridized carbons (Fsp3) is 0.500. The summed E-state index contributed by atoms with van der Waals surface area (Å²) in [4.78, 5) is 30.9. The maximum atomic E-state index is 13.2. The average Bonchev–Trinajstić information content (AvgIpc) is 3.31. The van der Waals surface area contributed by atoms with Crippen molar-refractivity contribution in [3.05, 3.63) is 46.5 Å². The van der Waals surface area contributed by atoms with Crippen molar-refractivity contribution in [2.45, 2.75) is 37.5 Å². The first-order valence-electron chi connectivity index (χ1n) is 12.0. The van der Waals surface area contributed by atoms with Gasteiger partial charge in [0.15, 0.2) is 5.65 Å². The van der Waals surface area contributed by atoms with Crippen molar-refractivity contribution in [3.63, 3.8) is 0 Å². The highest BCUT2D eigenvalue weighted by molar-refractivity contribution is 6.00. The molecule has 11 nitrogen and oxygen atoms in total. The number of anilines is 3. The minimum Gasteiger partial charge on any atom is -0.381 e. The van der Waals surface area contributed by atoms with E-state index in [4.69, 9.17) is 9.47 Å². The van der Waals surface area contributed by atoms with E-state index in [1.54, 1.807) is 35.4 Å². The Morgan fingerprint density at radius 3 is 2.83 bits per heavy atom. The standard InChI is InChI=1S/C24H29N7O4/c1-25-20-9-19(28-18-4-3-7-30(24(18)33)21-16-11-35-12-17(16)21)29-22-15(10-26-31(20)22)23(32)27-13-5-6-14(8-13)34-2/h3-4,7,9-10,13-14,16-17,21,25H,5-6,8,11-12H2,1-2H3,(H,27,32)(H,28,29)/t13-,14-,16-,17+,21?/m0/s1. The summed E-state index contributed by atoms with van der Waals surface area (Å²) in [6.45, 7) is 1.42. The van der Waals surface area contributed by atoms with E-state index in [1.165, 1.54) is 6.20 Å². The van der Waals surface area contributed by atoms with Gasteiger partial charge in [0.05, 0.1) is 25.5 Å². The summed E-state index contributed by atoms with van der Waals surface area (Å²) in [5.41, 5.74) is 1.12. The quantitative estimate of drug-likeness (QED) is 0.469. The van der Waals surface area contributed by atoms with Crippen molar-refractivity contribution >= 4 is 28.9 Å². The molecule has 0 bridgehead atoms. The lowest BCUT2D eigenvalue weighted by Gasteiger charge is -2.14. The summed E-state index contributed by atoms with van der Waals surface area (Å²) in [7, 11) is 3.47. The van der Waals surface area contributed by atoms with Gasteiger partial charge >= 0.3 is 0 Å². The van der Waals surface area contributed by atoms with E-state index in [0.29, 0.717) is 53.6 Å². The zero-order valence-electron chi connectivity index (χ0n) is 19.7. The number of hydrogen-bond donors (Lipinski definition) is 3. The molecule has 2 aliphatic carbocycles. The summed E-state index contributed by atoms with van der Waals surface area (Å²) in [6, 6.07) is 5.62. The molecule has 3 aromatic heterocycles. The van der Waals surface area contributed by atoms with Crippen molar-refractivity contribution in [2.24, 2.45) is 11.8 Å². The Labute approximate surface area is 201 Å². The minimum atomic E-state index is -0.224. The summed E-state index contributed by atoms with van der Waals surface area (Å²) in [5.74, 6) is 1.70. The molecule has 1 amide bonds. The van der Waals surface area contributed by atoms with Crippen LogP contribution in [-0.2, 0) is 9.47 Å². The molecule has 0 spiro atoms. The number of rotatable bonds is 7. The zero-order valence-corrected chi connectivity index (χ0v) is 19.7. The van der Waals surface area contributed by atoms with Gasteiger partial charge in [0.2, 0.25) is 0 Å². The normalized spacial score (nSPS) is 27.1. The topological polar surface area (TPSA) is 124 Å². The predicted octanol–water partition coefficient (Wildman–Crippen LogP) is 1.79. The van der Waals surface area contributed by atoms with E-state index >= 15 is 0 Å². The molecule has 1 saturated heterocycles. The first-order chi connectivity index (χ1) is 17.1. The maximum Gasteiger partial charge on any atom is 0.274 e. The van der Waals surface area contributed by atoms with Crippen molar-refractivity contribution in [2.75, 3.05) is 38.0 Å². The molecule has 1 aliphatic heterocycles. The van der Waals surface area contributed by atoms with Crippen LogP contribution in [0.15, 0.2) is 35.4 Å². The van der Waals surface area contributed by atoms with Crippen LogP contribution >= 0.6 is 0 Å². The van der Waals surface area contributed by atoms with Gasteiger partial charge in [-0.15, -0.1) is 0 Å². The molecule has 4 heterocycles. The van der Waals surface area contributed by atoms with Crippen LogP contribution in [0, 0.1) is 11.8 Å². The van der Waals surface area contributed by atoms with Gasteiger partial charge < -0.3 is 30.0 Å². The Morgan fingerprint density at radius 1 is 1.26 bits per heavy atom. The van der Waals surface area contributed by atoms with E-state index in [9.17, 15) is 9.59 Å². The van der Waals surface area contributed by atoms with Gasteiger partial charge in [-0.2, -0.15) is 9.61 Å². The smallest absolute Gasteiger partial charge is 0.274 e. The first-order valence-corrected chi connectivity index (χ1v) is 12.0. The highest BCUT2D eigenvalue weighted by Gasteiger charge is 2.55. The van der Waals surface area contributed by atoms with Crippen LogP contribution in [0.1, 0.15) is 35.7 Å². The van der Waals surface area contributed by atoms with Crippen molar-refractivity contribution in [3.8, 4) is 0 Å². The second-order valence-electron chi connectivity index (χ2n) is 9.53. The molecule has 6 rings (SSSR count). The molecule has 0 radical (unpaired) electrons. The molecule has 11 heteroatoms. The lowest BCUT2D eigenvalue weighted by Crippen LogP contribution is -2.33. The molecule has 3 N–H and O–H groups in total. The van der Waals surface area contributed by atoms with Gasteiger partial charge in [-0.25, -0.2) is 4.98 Å². The van der Waals surface area contributed by atoms with E-state index in [1.807, 2.05) is 12.3 Å². The minimum absolute atomic E-state index is 0.0579. The number of aromatic nitrogens is 4. The van der Waals surface area contributed by atoms with E-state index in [-0.39, 0.29) is 29.7 Å². The van der Waals surface area contributed by atoms with Crippen molar-refractivity contribution in [1.82, 2.24) is 24.5 Å². The number of nitrogens with one attached hydrogen (secondary N) is 3. The summed E-state index contributed by atoms with van der Waals surface area (Å²) < 4.78 is 14.3. The Hall–Kier alpha value is -3.44. The van der Waals surface area contributed by atoms with Crippen LogP contribution in [0.2, 0.25) is 0 Å². The van der Waals surface area contributed by atoms with Gasteiger partial charge in [-0.3, -0.25) is 9.59 Å². The number of hydrogen-bond acceptors (Lipinski definition) is 8. The van der Waals surface area contributed by atoms with Gasteiger partial charge in [0, 0.05) is 50.3 Å². The summed E-state index contributed by atoms with van der Waals surface area (Å²) >= 11 is 0. The van der Waals surface area contributed by atoms with Crippen LogP contribution < -0.4 is 21.5 Å². The molecular formula is C24H29N7O4. The van der Waals surface area contributed by atoms with Crippen LogP contribution in [0.3, 0.4) is 0 Å². The Morgan fingerprint density at radius 2 is 2.09 bits per heavy atom. The lowest BCUT2D eigenvalue weighted by atomic mass is 10.2.